The summed E-state index contributed by atoms with van der Waals surface area (Å²) in [5.74, 6) is -0.945. The summed E-state index contributed by atoms with van der Waals surface area (Å²) in [5, 5.41) is 0. The molecule has 0 amide bonds. The summed E-state index contributed by atoms with van der Waals surface area (Å²) < 4.78 is 16.9. The van der Waals surface area contributed by atoms with Crippen molar-refractivity contribution in [1.29, 1.82) is 0 Å². The molecule has 0 aromatic rings. The van der Waals surface area contributed by atoms with Crippen LogP contribution in [0, 0.1) is 0 Å². The van der Waals surface area contributed by atoms with Crippen LogP contribution in [-0.4, -0.2) is 37.2 Å². The van der Waals surface area contributed by atoms with E-state index < -0.39 is 6.10 Å². The van der Waals surface area contributed by atoms with Gasteiger partial charge in [-0.15, -0.1) is 0 Å². The summed E-state index contributed by atoms with van der Waals surface area (Å²) in [6.45, 7) is 6.37. The molecule has 0 aliphatic carbocycles. The quantitative estimate of drug-likeness (QED) is 0.0261. The zero-order chi connectivity index (χ0) is 51.4. The van der Waals surface area contributed by atoms with E-state index in [0.29, 0.717) is 19.3 Å². The fourth-order valence-corrected chi connectivity index (χ4v) is 7.89. The van der Waals surface area contributed by atoms with Crippen molar-refractivity contribution in [2.75, 3.05) is 13.2 Å². The molecule has 0 saturated heterocycles. The molecule has 0 heterocycles. The molecule has 0 radical (unpaired) electrons. The van der Waals surface area contributed by atoms with Crippen LogP contribution in [0.15, 0.2) is 109 Å². The smallest absolute Gasteiger partial charge is 0.306 e. The Hall–Kier alpha value is -3.93. The van der Waals surface area contributed by atoms with Gasteiger partial charge in [0.15, 0.2) is 6.10 Å². The molecule has 0 atom stereocenters. The van der Waals surface area contributed by atoms with Crippen LogP contribution in [0.4, 0.5) is 0 Å². The van der Waals surface area contributed by atoms with Gasteiger partial charge in [0.2, 0.25) is 0 Å². The van der Waals surface area contributed by atoms with Crippen LogP contribution in [-0.2, 0) is 28.6 Å². The van der Waals surface area contributed by atoms with Crippen molar-refractivity contribution < 1.29 is 28.6 Å². The molecule has 0 aliphatic heterocycles. The maximum Gasteiger partial charge on any atom is 0.306 e. The van der Waals surface area contributed by atoms with Gasteiger partial charge in [-0.1, -0.05) is 233 Å². The van der Waals surface area contributed by atoms with Gasteiger partial charge in [-0.05, 0) is 122 Å². The van der Waals surface area contributed by atoms with Gasteiger partial charge in [-0.25, -0.2) is 0 Å². The van der Waals surface area contributed by atoms with Crippen LogP contribution in [0.25, 0.3) is 0 Å². The van der Waals surface area contributed by atoms with Crippen LogP contribution in [0.3, 0.4) is 0 Å². The molecule has 6 nitrogen and oxygen atoms in total. The molecule has 0 aromatic carbocycles. The minimum Gasteiger partial charge on any atom is -0.462 e. The molecule has 6 heteroatoms. The topological polar surface area (TPSA) is 78.9 Å². The van der Waals surface area contributed by atoms with Gasteiger partial charge in [-0.2, -0.15) is 0 Å². The van der Waals surface area contributed by atoms with Crippen LogP contribution >= 0.6 is 0 Å². The number of allylic oxidation sites excluding steroid dienone is 18. The Bertz CT molecular complexity index is 1380. The van der Waals surface area contributed by atoms with E-state index >= 15 is 0 Å². The molecule has 71 heavy (non-hydrogen) atoms. The third-order valence-corrected chi connectivity index (χ3v) is 12.2. The first-order valence-electron chi connectivity index (χ1n) is 29.4. The number of hydrogen-bond donors (Lipinski definition) is 0. The first-order valence-corrected chi connectivity index (χ1v) is 29.4. The standard InChI is InChI=1S/C65H108O6/c1-4-7-10-13-16-19-22-25-28-31-32-35-38-41-44-47-50-53-56-59-65(68)71-62(60-69-63(66)57-54-51-48-45-42-39-36-33-29-26-23-20-17-14-11-8-5-2)61-70-64(67)58-55-52-49-46-43-40-37-34-30-27-24-21-18-15-12-9-6-3/h8-9,11-12,17-18,20-21,25-30,36-37,39-40,62H,4-7,10,13-16,19,22-24,31-35,38,41-61H2,1-3H3/b11-8-,12-9-,20-17-,21-18-,28-25-,29-26-,30-27-,39-36-,40-37-. The summed E-state index contributed by atoms with van der Waals surface area (Å²) in [6.07, 6.45) is 79.3. The molecule has 0 aliphatic rings. The minimum absolute atomic E-state index is 0.101. The van der Waals surface area contributed by atoms with E-state index in [1.54, 1.807) is 0 Å². The number of rotatable bonds is 52. The van der Waals surface area contributed by atoms with Crippen LogP contribution in [0.1, 0.15) is 265 Å². The highest BCUT2D eigenvalue weighted by Crippen LogP contribution is 2.15. The monoisotopic (exact) mass is 985 g/mol. The summed E-state index contributed by atoms with van der Waals surface area (Å²) in [6, 6.07) is 0. The minimum atomic E-state index is -0.802. The number of esters is 3. The zero-order valence-corrected chi connectivity index (χ0v) is 46.2. The molecule has 0 aromatic heterocycles. The van der Waals surface area contributed by atoms with Crippen LogP contribution in [0.5, 0.6) is 0 Å². The maximum atomic E-state index is 12.9. The van der Waals surface area contributed by atoms with E-state index in [-0.39, 0.29) is 31.1 Å². The highest BCUT2D eigenvalue weighted by atomic mass is 16.6. The third kappa shape index (κ3) is 56.9. The Labute approximate surface area is 438 Å². The van der Waals surface area contributed by atoms with Gasteiger partial charge in [0.1, 0.15) is 13.2 Å². The Morgan fingerprint density at radius 1 is 0.296 bits per heavy atom. The van der Waals surface area contributed by atoms with Crippen molar-refractivity contribution in [3.63, 3.8) is 0 Å². The zero-order valence-electron chi connectivity index (χ0n) is 46.2. The molecular formula is C65H108O6. The van der Waals surface area contributed by atoms with Gasteiger partial charge in [0.05, 0.1) is 0 Å². The van der Waals surface area contributed by atoms with Gasteiger partial charge in [0, 0.05) is 19.3 Å². The molecule has 0 saturated carbocycles. The van der Waals surface area contributed by atoms with Gasteiger partial charge < -0.3 is 14.2 Å². The predicted molar refractivity (Wildman–Crippen MR) is 307 cm³/mol. The fourth-order valence-electron chi connectivity index (χ4n) is 7.89. The molecular weight excluding hydrogens is 877 g/mol. The lowest BCUT2D eigenvalue weighted by atomic mass is 10.1. The van der Waals surface area contributed by atoms with Crippen molar-refractivity contribution in [1.82, 2.24) is 0 Å². The highest BCUT2D eigenvalue weighted by molar-refractivity contribution is 5.71. The normalized spacial score (nSPS) is 12.5. The van der Waals surface area contributed by atoms with Gasteiger partial charge >= 0.3 is 17.9 Å². The van der Waals surface area contributed by atoms with Crippen molar-refractivity contribution in [3.05, 3.63) is 109 Å². The summed E-state index contributed by atoms with van der Waals surface area (Å²) in [5.41, 5.74) is 0. The van der Waals surface area contributed by atoms with Crippen molar-refractivity contribution in [2.24, 2.45) is 0 Å². The van der Waals surface area contributed by atoms with Crippen LogP contribution < -0.4 is 0 Å². The third-order valence-electron chi connectivity index (χ3n) is 12.2. The number of unbranched alkanes of at least 4 members (excludes halogenated alkanes) is 23. The van der Waals surface area contributed by atoms with Gasteiger partial charge in [0.25, 0.3) is 0 Å². The van der Waals surface area contributed by atoms with E-state index in [2.05, 4.69) is 130 Å². The first kappa shape index (κ1) is 67.1. The molecule has 404 valence electrons. The average Bonchev–Trinajstić information content (AvgIpc) is 3.37. The molecule has 0 bridgehead atoms. The summed E-state index contributed by atoms with van der Waals surface area (Å²) >= 11 is 0. The highest BCUT2D eigenvalue weighted by Gasteiger charge is 2.19. The van der Waals surface area contributed by atoms with E-state index in [9.17, 15) is 14.4 Å². The predicted octanol–water partition coefficient (Wildman–Crippen LogP) is 19.9. The number of hydrogen-bond acceptors (Lipinski definition) is 6. The van der Waals surface area contributed by atoms with Crippen LogP contribution in [0.2, 0.25) is 0 Å². The average molecular weight is 986 g/mol. The summed E-state index contributed by atoms with van der Waals surface area (Å²) in [7, 11) is 0. The van der Waals surface area contributed by atoms with E-state index in [1.165, 1.54) is 89.9 Å². The Morgan fingerprint density at radius 3 is 0.873 bits per heavy atom. The second kappa shape index (κ2) is 58.6. The molecule has 0 spiro atoms. The SMILES string of the molecule is CC/C=C\C/C=C\C/C=C\C/C=C\CCCCCCC(=O)OCC(COC(=O)CCCCCC/C=C\C/C=C\C/C=C\C/C=C\CC)OC(=O)CCCCCCCCCCC/C=C\CCCCCCCC. The second-order valence-electron chi connectivity index (χ2n) is 19.1. The fraction of sp³-hybridized carbons (Fsp3) is 0.677. The van der Waals surface area contributed by atoms with Crippen molar-refractivity contribution in [2.45, 2.75) is 271 Å². The summed E-state index contributed by atoms with van der Waals surface area (Å²) in [4.78, 5) is 38.2. The first-order chi connectivity index (χ1) is 35.0. The number of carbonyl (C=O) groups excluding carboxylic acids is 3. The lowest BCUT2D eigenvalue weighted by Crippen LogP contribution is -2.30. The maximum absolute atomic E-state index is 12.9. The van der Waals surface area contributed by atoms with E-state index in [0.717, 1.165) is 135 Å². The molecule has 0 N–H and O–H groups in total. The van der Waals surface area contributed by atoms with E-state index in [4.69, 9.17) is 14.2 Å². The molecule has 0 fully saturated rings. The largest absolute Gasteiger partial charge is 0.462 e. The Morgan fingerprint density at radius 2 is 0.549 bits per heavy atom. The number of carbonyl (C=O) groups is 3. The Kier molecular flexibility index (Phi) is 55.4. The number of ether oxygens (including phenoxy) is 3. The van der Waals surface area contributed by atoms with Crippen molar-refractivity contribution >= 4 is 17.9 Å². The second-order valence-corrected chi connectivity index (χ2v) is 19.1. The Balaban J connectivity index is 4.48. The van der Waals surface area contributed by atoms with Crippen molar-refractivity contribution in [3.8, 4) is 0 Å². The van der Waals surface area contributed by atoms with Gasteiger partial charge in [-0.3, -0.25) is 14.4 Å². The lowest BCUT2D eigenvalue weighted by Gasteiger charge is -2.18. The molecule has 0 unspecified atom stereocenters. The van der Waals surface area contributed by atoms with E-state index in [1.807, 2.05) is 0 Å². The molecule has 0 rings (SSSR count). The lowest BCUT2D eigenvalue weighted by molar-refractivity contribution is -0.167.